The molecule has 0 saturated heterocycles. The van der Waals surface area contributed by atoms with Crippen molar-refractivity contribution in [3.05, 3.63) is 94.6 Å². The number of carbonyl (C=O) groups is 1. The summed E-state index contributed by atoms with van der Waals surface area (Å²) in [5, 5.41) is 2.85. The van der Waals surface area contributed by atoms with Crippen LogP contribution in [0.2, 0.25) is 0 Å². The van der Waals surface area contributed by atoms with Gasteiger partial charge in [-0.25, -0.2) is 8.78 Å². The third-order valence-corrected chi connectivity index (χ3v) is 7.02. The van der Waals surface area contributed by atoms with Crippen LogP contribution in [0.5, 0.6) is 0 Å². The minimum Gasteiger partial charge on any atom is -0.371 e. The van der Waals surface area contributed by atoms with Crippen LogP contribution < -0.4 is 10.2 Å². The third-order valence-electron chi connectivity index (χ3n) is 6.55. The molecule has 2 heterocycles. The zero-order chi connectivity index (χ0) is 22.2. The summed E-state index contributed by atoms with van der Waals surface area (Å²) < 4.78 is 28.1. The molecule has 3 aromatic rings. The molecule has 1 N–H and O–H groups in total. The van der Waals surface area contributed by atoms with Gasteiger partial charge in [0.2, 0.25) is 0 Å². The maximum absolute atomic E-state index is 14.0. The Balaban J connectivity index is 1.68. The van der Waals surface area contributed by atoms with Gasteiger partial charge in [0, 0.05) is 36.3 Å². The molecule has 164 valence electrons. The summed E-state index contributed by atoms with van der Waals surface area (Å²) in [6, 6.07) is 17.6. The van der Waals surface area contributed by atoms with E-state index in [1.54, 1.807) is 30.5 Å². The fraction of sp³-hybridized carbons (Fsp3) is 0.269. The van der Waals surface area contributed by atoms with E-state index in [1.165, 1.54) is 12.1 Å². The molecule has 0 bridgehead atoms. The molecule has 0 spiro atoms. The number of hydrogen-bond acceptors (Lipinski definition) is 3. The number of benzene rings is 3. The lowest BCUT2D eigenvalue weighted by Crippen LogP contribution is -2.37. The van der Waals surface area contributed by atoms with Crippen LogP contribution in [0.1, 0.15) is 46.9 Å². The van der Waals surface area contributed by atoms with E-state index in [0.29, 0.717) is 0 Å². The minimum absolute atomic E-state index is 0.0353. The molecule has 2 aliphatic heterocycles. The Morgan fingerprint density at radius 2 is 1.44 bits per heavy atom. The van der Waals surface area contributed by atoms with Gasteiger partial charge in [0.15, 0.2) is 0 Å². The van der Waals surface area contributed by atoms with Crippen molar-refractivity contribution >= 4 is 28.4 Å². The zero-order valence-corrected chi connectivity index (χ0v) is 18.6. The average molecular weight is 451 g/mol. The highest BCUT2D eigenvalue weighted by atomic mass is 32.2. The third kappa shape index (κ3) is 3.88. The van der Waals surface area contributed by atoms with Crippen molar-refractivity contribution in [2.24, 2.45) is 0 Å². The lowest BCUT2D eigenvalue weighted by molar-refractivity contribution is 0.270. The van der Waals surface area contributed by atoms with Crippen LogP contribution in [0.3, 0.4) is 0 Å². The molecule has 1 amide bonds. The molecule has 0 aliphatic carbocycles. The largest absolute Gasteiger partial charge is 0.371 e. The second-order valence-corrected chi connectivity index (χ2v) is 9.18. The number of amides is 1. The number of thioether (sulfide) groups is 1. The molecule has 0 unspecified atom stereocenters. The predicted molar refractivity (Wildman–Crippen MR) is 127 cm³/mol. The van der Waals surface area contributed by atoms with E-state index in [1.807, 2.05) is 24.3 Å². The minimum atomic E-state index is -0.247. The van der Waals surface area contributed by atoms with Gasteiger partial charge in [-0.1, -0.05) is 36.0 Å². The highest BCUT2D eigenvalue weighted by Gasteiger charge is 2.35. The standard InChI is InChI=1S/C26H24F2N2OS/c1-32-26(31)29-20-14-23-21(16-4-2-6-18(27)12-16)8-10-30-11-9-22(24(15-20)25(23)30)17-5-3-7-19(28)13-17/h2-7,12-15,21-22H,8-11H2,1H3,(H,29,31)/t21-,22-/m0/s1. The quantitative estimate of drug-likeness (QED) is 0.480. The predicted octanol–water partition coefficient (Wildman–Crippen LogP) is 6.74. The van der Waals surface area contributed by atoms with Crippen LogP contribution in [0.4, 0.5) is 25.0 Å². The van der Waals surface area contributed by atoms with Crippen LogP contribution in [-0.4, -0.2) is 24.6 Å². The Morgan fingerprint density at radius 3 is 1.91 bits per heavy atom. The average Bonchev–Trinajstić information content (AvgIpc) is 2.79. The SMILES string of the molecule is CSC(=O)Nc1cc2c3c(c1)[C@H](c1cccc(F)c1)CCN3CC[C@H]2c1cccc(F)c1. The number of anilines is 2. The summed E-state index contributed by atoms with van der Waals surface area (Å²) in [7, 11) is 0. The highest BCUT2D eigenvalue weighted by Crippen LogP contribution is 2.49. The van der Waals surface area contributed by atoms with E-state index >= 15 is 0 Å². The summed E-state index contributed by atoms with van der Waals surface area (Å²) in [6.07, 6.45) is 3.49. The first-order chi connectivity index (χ1) is 15.5. The van der Waals surface area contributed by atoms with Crippen LogP contribution in [-0.2, 0) is 0 Å². The Labute approximate surface area is 190 Å². The van der Waals surface area contributed by atoms with E-state index in [9.17, 15) is 13.6 Å². The highest BCUT2D eigenvalue weighted by molar-refractivity contribution is 8.13. The van der Waals surface area contributed by atoms with E-state index < -0.39 is 0 Å². The number of rotatable bonds is 3. The monoisotopic (exact) mass is 450 g/mol. The van der Waals surface area contributed by atoms with E-state index in [2.05, 4.69) is 10.2 Å². The van der Waals surface area contributed by atoms with Crippen molar-refractivity contribution in [1.29, 1.82) is 0 Å². The number of nitrogens with one attached hydrogen (secondary N) is 1. The number of halogens is 2. The number of hydrogen-bond donors (Lipinski definition) is 1. The van der Waals surface area contributed by atoms with Gasteiger partial charge in [-0.2, -0.15) is 0 Å². The Bertz CT molecular complexity index is 1100. The molecule has 0 fully saturated rings. The molecule has 3 aromatic carbocycles. The van der Waals surface area contributed by atoms with Crippen molar-refractivity contribution in [3.8, 4) is 0 Å². The molecular weight excluding hydrogens is 426 g/mol. The van der Waals surface area contributed by atoms with Crippen molar-refractivity contribution < 1.29 is 13.6 Å². The lowest BCUT2D eigenvalue weighted by atomic mass is 9.76. The van der Waals surface area contributed by atoms with Crippen molar-refractivity contribution in [1.82, 2.24) is 0 Å². The van der Waals surface area contributed by atoms with Gasteiger partial charge in [-0.15, -0.1) is 0 Å². The molecule has 2 aliphatic rings. The first-order valence-electron chi connectivity index (χ1n) is 10.8. The summed E-state index contributed by atoms with van der Waals surface area (Å²) in [4.78, 5) is 14.5. The fourth-order valence-corrected chi connectivity index (χ4v) is 5.39. The maximum atomic E-state index is 14.0. The first-order valence-corrected chi connectivity index (χ1v) is 12.0. The summed E-state index contributed by atoms with van der Waals surface area (Å²) >= 11 is 1.12. The van der Waals surface area contributed by atoms with Crippen LogP contribution in [0.25, 0.3) is 0 Å². The van der Waals surface area contributed by atoms with Gasteiger partial charge < -0.3 is 10.2 Å². The fourth-order valence-electron chi connectivity index (χ4n) is 5.17. The Hall–Kier alpha value is -2.86. The van der Waals surface area contributed by atoms with E-state index in [-0.39, 0.29) is 28.7 Å². The van der Waals surface area contributed by atoms with Crippen LogP contribution in [0.15, 0.2) is 60.7 Å². The Kier molecular flexibility index (Phi) is 5.64. The van der Waals surface area contributed by atoms with Crippen LogP contribution in [0, 0.1) is 11.6 Å². The van der Waals surface area contributed by atoms with E-state index in [4.69, 9.17) is 0 Å². The molecule has 0 aromatic heterocycles. The van der Waals surface area contributed by atoms with Crippen molar-refractivity contribution in [2.45, 2.75) is 24.7 Å². The van der Waals surface area contributed by atoms with Crippen molar-refractivity contribution in [2.75, 3.05) is 29.6 Å². The topological polar surface area (TPSA) is 32.3 Å². The second kappa shape index (κ2) is 8.58. The van der Waals surface area contributed by atoms with Gasteiger partial charge in [-0.3, -0.25) is 4.79 Å². The van der Waals surface area contributed by atoms with Gasteiger partial charge in [0.25, 0.3) is 5.24 Å². The molecular formula is C26H24F2N2OS. The van der Waals surface area contributed by atoms with Crippen molar-refractivity contribution in [3.63, 3.8) is 0 Å². The normalized spacial score (nSPS) is 19.4. The van der Waals surface area contributed by atoms with Gasteiger partial charge in [0.1, 0.15) is 11.6 Å². The molecule has 3 nitrogen and oxygen atoms in total. The maximum Gasteiger partial charge on any atom is 0.283 e. The lowest BCUT2D eigenvalue weighted by Gasteiger charge is -2.43. The van der Waals surface area contributed by atoms with Gasteiger partial charge in [-0.05, 0) is 77.7 Å². The zero-order valence-electron chi connectivity index (χ0n) is 17.8. The molecule has 5 rings (SSSR count). The van der Waals surface area contributed by atoms with Gasteiger partial charge in [0.05, 0.1) is 0 Å². The van der Waals surface area contributed by atoms with Crippen LogP contribution >= 0.6 is 11.8 Å². The van der Waals surface area contributed by atoms with Gasteiger partial charge >= 0.3 is 0 Å². The first kappa shape index (κ1) is 21.0. The molecule has 32 heavy (non-hydrogen) atoms. The molecule has 0 radical (unpaired) electrons. The Morgan fingerprint density at radius 1 is 0.906 bits per heavy atom. The smallest absolute Gasteiger partial charge is 0.283 e. The molecule has 0 saturated carbocycles. The van der Waals surface area contributed by atoms with E-state index in [0.717, 1.165) is 71.3 Å². The summed E-state index contributed by atoms with van der Waals surface area (Å²) in [5.74, 6) is -0.423. The molecule has 6 heteroatoms. The number of carbonyl (C=O) groups excluding carboxylic acids is 1. The second-order valence-electron chi connectivity index (χ2n) is 8.40. The summed E-state index contributed by atoms with van der Waals surface area (Å²) in [6.45, 7) is 1.77. The number of nitrogens with zero attached hydrogens (tertiary/aromatic N) is 1. The summed E-state index contributed by atoms with van der Waals surface area (Å²) in [5.41, 5.74) is 5.94. The molecule has 2 atom stereocenters.